The van der Waals surface area contributed by atoms with Crippen molar-refractivity contribution in [2.45, 2.75) is 26.7 Å². The van der Waals surface area contributed by atoms with Crippen molar-refractivity contribution in [3.63, 3.8) is 0 Å². The zero-order valence-electron chi connectivity index (χ0n) is 8.02. The predicted octanol–water partition coefficient (Wildman–Crippen LogP) is 1.56. The first-order valence-electron chi connectivity index (χ1n) is 4.35. The van der Waals surface area contributed by atoms with E-state index in [2.05, 4.69) is 28.9 Å². The fraction of sp³-hybridized carbons (Fsp3) is 0.444. The lowest BCUT2D eigenvalue weighted by Crippen LogP contribution is -2.00. The summed E-state index contributed by atoms with van der Waals surface area (Å²) in [4.78, 5) is 8.47. The van der Waals surface area contributed by atoms with E-state index in [0.717, 1.165) is 16.9 Å². The van der Waals surface area contributed by atoms with E-state index < -0.39 is 0 Å². The summed E-state index contributed by atoms with van der Waals surface area (Å²) >= 11 is 0. The van der Waals surface area contributed by atoms with Crippen molar-refractivity contribution in [3.05, 3.63) is 24.0 Å². The van der Waals surface area contributed by atoms with Gasteiger partial charge in [0.1, 0.15) is 18.2 Å². The summed E-state index contributed by atoms with van der Waals surface area (Å²) < 4.78 is 1.78. The van der Waals surface area contributed by atoms with Gasteiger partial charge >= 0.3 is 0 Å². The fourth-order valence-corrected chi connectivity index (χ4v) is 1.44. The molecule has 2 aromatic rings. The van der Waals surface area contributed by atoms with Crippen LogP contribution in [0.15, 0.2) is 12.7 Å². The van der Waals surface area contributed by atoms with Gasteiger partial charge in [0.2, 0.25) is 0 Å². The van der Waals surface area contributed by atoms with Crippen LogP contribution in [0, 0.1) is 6.92 Å². The number of imidazole rings is 1. The molecular formula is C9H12N4. The standard InChI is InChI=1S/C9H12N4/c1-6(2)8-9-7(3)11-5-13(9)12-4-10-8/h4-6H,1-3H3. The third kappa shape index (κ3) is 1.18. The second kappa shape index (κ2) is 2.80. The highest BCUT2D eigenvalue weighted by Crippen LogP contribution is 2.18. The van der Waals surface area contributed by atoms with E-state index in [-0.39, 0.29) is 0 Å². The Bertz CT molecular complexity index is 430. The van der Waals surface area contributed by atoms with Gasteiger partial charge in [0, 0.05) is 0 Å². The van der Waals surface area contributed by atoms with Crippen LogP contribution in [0.3, 0.4) is 0 Å². The fourth-order valence-electron chi connectivity index (χ4n) is 1.44. The average Bonchev–Trinajstić information content (AvgIpc) is 2.48. The molecule has 0 amide bonds. The van der Waals surface area contributed by atoms with Crippen LogP contribution in [0.4, 0.5) is 0 Å². The van der Waals surface area contributed by atoms with Gasteiger partial charge in [0.25, 0.3) is 0 Å². The van der Waals surface area contributed by atoms with Crippen molar-refractivity contribution in [1.29, 1.82) is 0 Å². The van der Waals surface area contributed by atoms with Crippen molar-refractivity contribution in [2.75, 3.05) is 0 Å². The number of hydrogen-bond donors (Lipinski definition) is 0. The number of hydrogen-bond acceptors (Lipinski definition) is 3. The molecule has 0 fully saturated rings. The Balaban J connectivity index is 2.80. The van der Waals surface area contributed by atoms with Gasteiger partial charge in [-0.05, 0) is 12.8 Å². The molecular weight excluding hydrogens is 164 g/mol. The molecule has 0 aromatic carbocycles. The summed E-state index contributed by atoms with van der Waals surface area (Å²) in [5, 5.41) is 4.09. The van der Waals surface area contributed by atoms with E-state index in [1.807, 2.05) is 6.92 Å². The number of aryl methyl sites for hydroxylation is 1. The van der Waals surface area contributed by atoms with Gasteiger partial charge in [0.15, 0.2) is 0 Å². The molecule has 0 spiro atoms. The molecule has 0 aliphatic heterocycles. The van der Waals surface area contributed by atoms with Crippen LogP contribution in [0.5, 0.6) is 0 Å². The van der Waals surface area contributed by atoms with Crippen molar-refractivity contribution < 1.29 is 0 Å². The lowest BCUT2D eigenvalue weighted by molar-refractivity contribution is 0.784. The van der Waals surface area contributed by atoms with Gasteiger partial charge in [-0.25, -0.2) is 14.5 Å². The largest absolute Gasteiger partial charge is 0.239 e. The monoisotopic (exact) mass is 176 g/mol. The molecule has 0 aliphatic carbocycles. The van der Waals surface area contributed by atoms with Crippen molar-refractivity contribution >= 4 is 5.52 Å². The molecule has 0 N–H and O–H groups in total. The average molecular weight is 176 g/mol. The Kier molecular flexibility index (Phi) is 1.76. The third-order valence-electron chi connectivity index (χ3n) is 2.09. The minimum absolute atomic E-state index is 0.404. The molecule has 4 heteroatoms. The molecule has 68 valence electrons. The number of nitrogens with zero attached hydrogens (tertiary/aromatic N) is 4. The van der Waals surface area contributed by atoms with Gasteiger partial charge in [-0.2, -0.15) is 5.10 Å². The Labute approximate surface area is 76.6 Å². The summed E-state index contributed by atoms with van der Waals surface area (Å²) in [6, 6.07) is 0. The van der Waals surface area contributed by atoms with Crippen molar-refractivity contribution in [1.82, 2.24) is 19.6 Å². The van der Waals surface area contributed by atoms with Gasteiger partial charge in [-0.3, -0.25) is 0 Å². The molecule has 2 aromatic heterocycles. The highest BCUT2D eigenvalue weighted by Gasteiger charge is 2.10. The van der Waals surface area contributed by atoms with Crippen LogP contribution in [-0.2, 0) is 0 Å². The van der Waals surface area contributed by atoms with Crippen molar-refractivity contribution in [2.24, 2.45) is 0 Å². The molecule has 2 rings (SSSR count). The summed E-state index contributed by atoms with van der Waals surface area (Å²) in [7, 11) is 0. The molecule has 0 saturated heterocycles. The number of aromatic nitrogens is 4. The maximum absolute atomic E-state index is 4.27. The lowest BCUT2D eigenvalue weighted by atomic mass is 10.1. The topological polar surface area (TPSA) is 43.1 Å². The quantitative estimate of drug-likeness (QED) is 0.662. The van der Waals surface area contributed by atoms with E-state index in [4.69, 9.17) is 0 Å². The maximum atomic E-state index is 4.27. The Morgan fingerprint density at radius 2 is 2.08 bits per heavy atom. The Hall–Kier alpha value is -1.45. The molecule has 0 aliphatic rings. The normalized spacial score (nSPS) is 11.4. The lowest BCUT2D eigenvalue weighted by Gasteiger charge is -2.05. The van der Waals surface area contributed by atoms with Crippen LogP contribution >= 0.6 is 0 Å². The highest BCUT2D eigenvalue weighted by atomic mass is 15.3. The molecule has 4 nitrogen and oxygen atoms in total. The van der Waals surface area contributed by atoms with Crippen LogP contribution in [-0.4, -0.2) is 19.6 Å². The summed E-state index contributed by atoms with van der Waals surface area (Å²) in [5.74, 6) is 0.404. The molecule has 0 saturated carbocycles. The highest BCUT2D eigenvalue weighted by molar-refractivity contribution is 5.55. The summed E-state index contributed by atoms with van der Waals surface area (Å²) in [5.41, 5.74) is 3.09. The van der Waals surface area contributed by atoms with E-state index in [9.17, 15) is 0 Å². The van der Waals surface area contributed by atoms with E-state index in [1.165, 1.54) is 0 Å². The van der Waals surface area contributed by atoms with E-state index in [1.54, 1.807) is 17.2 Å². The maximum Gasteiger partial charge on any atom is 0.136 e. The van der Waals surface area contributed by atoms with Crippen LogP contribution in [0.2, 0.25) is 0 Å². The second-order valence-electron chi connectivity index (χ2n) is 3.42. The second-order valence-corrected chi connectivity index (χ2v) is 3.42. The molecule has 0 radical (unpaired) electrons. The molecule has 13 heavy (non-hydrogen) atoms. The van der Waals surface area contributed by atoms with E-state index >= 15 is 0 Å². The first-order chi connectivity index (χ1) is 6.20. The van der Waals surface area contributed by atoms with Crippen molar-refractivity contribution in [3.8, 4) is 0 Å². The molecule has 0 bridgehead atoms. The number of rotatable bonds is 1. The Morgan fingerprint density at radius 3 is 2.77 bits per heavy atom. The minimum atomic E-state index is 0.404. The zero-order valence-corrected chi connectivity index (χ0v) is 8.02. The zero-order chi connectivity index (χ0) is 9.42. The minimum Gasteiger partial charge on any atom is -0.239 e. The summed E-state index contributed by atoms with van der Waals surface area (Å²) in [6.07, 6.45) is 3.29. The first kappa shape index (κ1) is 8.16. The molecule has 2 heterocycles. The van der Waals surface area contributed by atoms with Gasteiger partial charge < -0.3 is 0 Å². The predicted molar refractivity (Wildman–Crippen MR) is 49.6 cm³/mol. The number of fused-ring (bicyclic) bond motifs is 1. The summed E-state index contributed by atoms with van der Waals surface area (Å²) in [6.45, 7) is 6.22. The molecule has 0 unspecified atom stereocenters. The van der Waals surface area contributed by atoms with Gasteiger partial charge in [0.05, 0.1) is 11.4 Å². The Morgan fingerprint density at radius 1 is 1.31 bits per heavy atom. The van der Waals surface area contributed by atoms with Gasteiger partial charge in [-0.15, -0.1) is 0 Å². The molecule has 0 atom stereocenters. The SMILES string of the molecule is Cc1ncn2ncnc(C(C)C)c12. The van der Waals surface area contributed by atoms with Gasteiger partial charge in [-0.1, -0.05) is 13.8 Å². The first-order valence-corrected chi connectivity index (χ1v) is 4.35. The third-order valence-corrected chi connectivity index (χ3v) is 2.09. The smallest absolute Gasteiger partial charge is 0.136 e. The van der Waals surface area contributed by atoms with E-state index in [0.29, 0.717) is 5.92 Å². The van der Waals surface area contributed by atoms with Crippen LogP contribution in [0.1, 0.15) is 31.2 Å². The van der Waals surface area contributed by atoms with Crippen LogP contribution < -0.4 is 0 Å². The van der Waals surface area contributed by atoms with Crippen LogP contribution in [0.25, 0.3) is 5.52 Å².